The molecule has 0 saturated carbocycles. The summed E-state index contributed by atoms with van der Waals surface area (Å²) in [4.78, 5) is 49.1. The number of hydrogen-bond acceptors (Lipinski definition) is 5. The zero-order valence-corrected chi connectivity index (χ0v) is 21.6. The van der Waals surface area contributed by atoms with Gasteiger partial charge in [0, 0.05) is 5.92 Å². The molecule has 0 bridgehead atoms. The summed E-state index contributed by atoms with van der Waals surface area (Å²) in [5, 5.41) is 16.5. The summed E-state index contributed by atoms with van der Waals surface area (Å²) in [7, 11) is 0. The Labute approximate surface area is 217 Å². The number of carbonyl (C=O) groups excluding carboxylic acids is 3. The molecular weight excluding hydrogens is 474 g/mol. The van der Waals surface area contributed by atoms with Gasteiger partial charge >= 0.3 is 12.1 Å². The quantitative estimate of drug-likeness (QED) is 0.367. The van der Waals surface area contributed by atoms with Crippen LogP contribution in [-0.4, -0.2) is 54.2 Å². The first-order chi connectivity index (χ1) is 17.6. The van der Waals surface area contributed by atoms with Crippen molar-refractivity contribution in [2.45, 2.75) is 52.1 Å². The largest absolute Gasteiger partial charge is 0.480 e. The van der Waals surface area contributed by atoms with Gasteiger partial charge in [-0.15, -0.1) is 0 Å². The molecule has 3 amide bonds. The van der Waals surface area contributed by atoms with Crippen LogP contribution in [0.2, 0.25) is 0 Å². The van der Waals surface area contributed by atoms with E-state index in [9.17, 15) is 19.2 Å². The molecule has 198 valence electrons. The number of carbonyl (C=O) groups is 4. The van der Waals surface area contributed by atoms with Crippen LogP contribution < -0.4 is 16.0 Å². The monoisotopic (exact) mass is 509 g/mol. The average molecular weight is 510 g/mol. The van der Waals surface area contributed by atoms with Crippen LogP contribution in [0.25, 0.3) is 11.1 Å². The number of rotatable bonds is 11. The molecule has 2 atom stereocenters. The molecule has 4 N–H and O–H groups in total. The SMILES string of the molecule is CC(C)C[C@H](NC(=O)[C@@H](NC(=O)OCC1c2ccccc2-c2ccccc21)C(C)C)C(=O)NCC(=O)O. The lowest BCUT2D eigenvalue weighted by Crippen LogP contribution is -2.56. The number of aliphatic carboxylic acids is 1. The van der Waals surface area contributed by atoms with Crippen molar-refractivity contribution in [1.29, 1.82) is 0 Å². The fourth-order valence-electron chi connectivity index (χ4n) is 4.55. The van der Waals surface area contributed by atoms with E-state index in [1.165, 1.54) is 0 Å². The number of ether oxygens (including phenoxy) is 1. The summed E-state index contributed by atoms with van der Waals surface area (Å²) in [5.41, 5.74) is 4.39. The Morgan fingerprint density at radius 3 is 1.95 bits per heavy atom. The van der Waals surface area contributed by atoms with E-state index in [0.29, 0.717) is 6.42 Å². The molecule has 9 heteroatoms. The predicted molar refractivity (Wildman–Crippen MR) is 139 cm³/mol. The van der Waals surface area contributed by atoms with Gasteiger partial charge < -0.3 is 25.8 Å². The first-order valence-corrected chi connectivity index (χ1v) is 12.5. The maximum Gasteiger partial charge on any atom is 0.407 e. The van der Waals surface area contributed by atoms with Crippen molar-refractivity contribution < 1.29 is 29.0 Å². The van der Waals surface area contributed by atoms with Crippen molar-refractivity contribution in [3.05, 3.63) is 59.7 Å². The zero-order chi connectivity index (χ0) is 27.1. The average Bonchev–Trinajstić information content (AvgIpc) is 3.17. The lowest BCUT2D eigenvalue weighted by atomic mass is 9.98. The van der Waals surface area contributed by atoms with Crippen LogP contribution in [0.3, 0.4) is 0 Å². The molecule has 2 aromatic rings. The highest BCUT2D eigenvalue weighted by Crippen LogP contribution is 2.44. The number of hydrogen-bond donors (Lipinski definition) is 4. The highest BCUT2D eigenvalue weighted by molar-refractivity contribution is 5.92. The first kappa shape index (κ1) is 27.7. The highest BCUT2D eigenvalue weighted by Gasteiger charge is 2.32. The van der Waals surface area contributed by atoms with Crippen LogP contribution in [-0.2, 0) is 19.1 Å². The molecule has 0 radical (unpaired) electrons. The van der Waals surface area contributed by atoms with Crippen LogP contribution in [0.15, 0.2) is 48.5 Å². The lowest BCUT2D eigenvalue weighted by molar-refractivity contribution is -0.138. The third-order valence-electron chi connectivity index (χ3n) is 6.32. The summed E-state index contributed by atoms with van der Waals surface area (Å²) < 4.78 is 5.58. The number of fused-ring (bicyclic) bond motifs is 3. The van der Waals surface area contributed by atoms with Crippen LogP contribution in [0.4, 0.5) is 4.79 Å². The van der Waals surface area contributed by atoms with Crippen molar-refractivity contribution >= 4 is 23.9 Å². The summed E-state index contributed by atoms with van der Waals surface area (Å²) in [6, 6.07) is 14.1. The van der Waals surface area contributed by atoms with Crippen LogP contribution in [0, 0.1) is 11.8 Å². The van der Waals surface area contributed by atoms with E-state index in [1.54, 1.807) is 13.8 Å². The number of carboxylic acid groups (broad SMARTS) is 1. The molecule has 0 aromatic heterocycles. The van der Waals surface area contributed by atoms with Gasteiger partial charge in [0.15, 0.2) is 0 Å². The molecule has 0 unspecified atom stereocenters. The van der Waals surface area contributed by atoms with Gasteiger partial charge in [0.05, 0.1) is 0 Å². The summed E-state index contributed by atoms with van der Waals surface area (Å²) in [6.07, 6.45) is -0.418. The van der Waals surface area contributed by atoms with Crippen molar-refractivity contribution in [1.82, 2.24) is 16.0 Å². The summed E-state index contributed by atoms with van der Waals surface area (Å²) in [6.45, 7) is 6.89. The standard InChI is InChI=1S/C28H35N3O6/c1-16(2)13-23(26(34)29-14-24(32)33)30-27(35)25(17(3)4)31-28(36)37-15-22-20-11-7-5-9-18(20)19-10-6-8-12-21(19)22/h5-12,16-17,22-23,25H,13-15H2,1-4H3,(H,29,34)(H,30,35)(H,31,36)(H,32,33)/t23-,25-/m0/s1. The van der Waals surface area contributed by atoms with Gasteiger partial charge in [0.25, 0.3) is 0 Å². The van der Waals surface area contributed by atoms with Crippen molar-refractivity contribution in [2.24, 2.45) is 11.8 Å². The minimum absolute atomic E-state index is 0.0634. The van der Waals surface area contributed by atoms with E-state index in [1.807, 2.05) is 62.4 Å². The Morgan fingerprint density at radius 1 is 0.865 bits per heavy atom. The molecule has 0 saturated heterocycles. The predicted octanol–water partition coefficient (Wildman–Crippen LogP) is 3.28. The normalized spacial score (nSPS) is 13.9. The number of nitrogens with one attached hydrogen (secondary N) is 3. The fraction of sp³-hybridized carbons (Fsp3) is 0.429. The van der Waals surface area contributed by atoms with Gasteiger partial charge in [-0.2, -0.15) is 0 Å². The highest BCUT2D eigenvalue weighted by atomic mass is 16.5. The molecule has 9 nitrogen and oxygen atoms in total. The second kappa shape index (κ2) is 12.4. The van der Waals surface area contributed by atoms with Crippen molar-refractivity contribution in [3.63, 3.8) is 0 Å². The van der Waals surface area contributed by atoms with Gasteiger partial charge in [0.1, 0.15) is 25.2 Å². The minimum atomic E-state index is -1.18. The molecule has 3 rings (SSSR count). The van der Waals surface area contributed by atoms with E-state index < -0.39 is 42.5 Å². The van der Waals surface area contributed by atoms with Gasteiger partial charge in [-0.25, -0.2) is 4.79 Å². The number of benzene rings is 2. The molecule has 1 aliphatic carbocycles. The van der Waals surface area contributed by atoms with E-state index in [0.717, 1.165) is 22.3 Å². The van der Waals surface area contributed by atoms with E-state index in [-0.39, 0.29) is 24.4 Å². The van der Waals surface area contributed by atoms with Crippen LogP contribution in [0.1, 0.15) is 51.2 Å². The van der Waals surface area contributed by atoms with Gasteiger partial charge in [-0.1, -0.05) is 76.2 Å². The second-order valence-corrected chi connectivity index (χ2v) is 9.99. The van der Waals surface area contributed by atoms with Crippen molar-refractivity contribution in [2.75, 3.05) is 13.2 Å². The van der Waals surface area contributed by atoms with Gasteiger partial charge in [-0.3, -0.25) is 14.4 Å². The van der Waals surface area contributed by atoms with E-state index in [2.05, 4.69) is 16.0 Å². The van der Waals surface area contributed by atoms with Gasteiger partial charge in [-0.05, 0) is 40.5 Å². The molecule has 0 aliphatic heterocycles. The van der Waals surface area contributed by atoms with Gasteiger partial charge in [0.2, 0.25) is 11.8 Å². The van der Waals surface area contributed by atoms with Crippen LogP contribution >= 0.6 is 0 Å². The number of alkyl carbamates (subject to hydrolysis) is 1. The lowest BCUT2D eigenvalue weighted by Gasteiger charge is -2.26. The summed E-state index contributed by atoms with van der Waals surface area (Å²) >= 11 is 0. The molecule has 0 fully saturated rings. The Hall–Kier alpha value is -3.88. The molecule has 37 heavy (non-hydrogen) atoms. The smallest absolute Gasteiger partial charge is 0.407 e. The minimum Gasteiger partial charge on any atom is -0.480 e. The third-order valence-corrected chi connectivity index (χ3v) is 6.32. The molecule has 0 heterocycles. The Morgan fingerprint density at radius 2 is 1.43 bits per heavy atom. The number of carboxylic acids is 1. The molecular formula is C28H35N3O6. The van der Waals surface area contributed by atoms with Crippen molar-refractivity contribution in [3.8, 4) is 11.1 Å². The first-order valence-electron chi connectivity index (χ1n) is 12.5. The third kappa shape index (κ3) is 7.09. The summed E-state index contributed by atoms with van der Waals surface area (Å²) in [5.74, 6) is -2.65. The number of amides is 3. The molecule has 2 aromatic carbocycles. The van der Waals surface area contributed by atoms with E-state index in [4.69, 9.17) is 9.84 Å². The topological polar surface area (TPSA) is 134 Å². The fourth-order valence-corrected chi connectivity index (χ4v) is 4.55. The molecule has 0 spiro atoms. The molecule has 1 aliphatic rings. The van der Waals surface area contributed by atoms with Crippen LogP contribution in [0.5, 0.6) is 0 Å². The zero-order valence-electron chi connectivity index (χ0n) is 21.6. The Balaban J connectivity index is 1.64. The Kier molecular flexibility index (Phi) is 9.27. The maximum atomic E-state index is 13.1. The van der Waals surface area contributed by atoms with E-state index >= 15 is 0 Å². The maximum absolute atomic E-state index is 13.1. The second-order valence-electron chi connectivity index (χ2n) is 9.99. The Bertz CT molecular complexity index is 1100.